The van der Waals surface area contributed by atoms with Gasteiger partial charge in [0.1, 0.15) is 5.52 Å². The fourth-order valence-corrected chi connectivity index (χ4v) is 8.39. The molecule has 7 aromatic carbocycles. The molecule has 55 heavy (non-hydrogen) atoms. The van der Waals surface area contributed by atoms with E-state index in [4.69, 9.17) is 24.4 Å². The van der Waals surface area contributed by atoms with Gasteiger partial charge in [-0.15, -0.1) is 0 Å². The Bertz CT molecular complexity index is 3120. The van der Waals surface area contributed by atoms with Crippen molar-refractivity contribution in [3.63, 3.8) is 0 Å². The molecule has 0 amide bonds. The summed E-state index contributed by atoms with van der Waals surface area (Å²) in [4.78, 5) is 20.3. The summed E-state index contributed by atoms with van der Waals surface area (Å²) in [5, 5.41) is 2.29. The molecule has 0 aliphatic heterocycles. The molecular formula is C49H33N5O. The molecule has 0 spiro atoms. The van der Waals surface area contributed by atoms with E-state index in [0.717, 1.165) is 49.9 Å². The predicted octanol–water partition coefficient (Wildman–Crippen LogP) is 12.1. The van der Waals surface area contributed by atoms with Gasteiger partial charge in [-0.05, 0) is 82.9 Å². The van der Waals surface area contributed by atoms with Crippen molar-refractivity contribution in [1.29, 1.82) is 0 Å². The summed E-state index contributed by atoms with van der Waals surface area (Å²) in [5.41, 5.74) is 13.3. The first-order valence-corrected chi connectivity index (χ1v) is 18.6. The third-order valence-electron chi connectivity index (χ3n) is 11.1. The highest BCUT2D eigenvalue weighted by Crippen LogP contribution is 2.49. The standard InChI is InChI=1S/C49H33N5O/c1-49(2)39-21-11-9-18-34(39)35-26-24-32(29-40(35)49)48-50-41-22-13-20-37(44(41)55-48)47-52-45(30-14-5-3-6-15-30)51-46(53-47)31-25-27-43-38(28-31)36-19-10-12-23-42(36)54(43)33-16-7-4-8-17-33/h3-29H,1-2H3. The highest BCUT2D eigenvalue weighted by molar-refractivity contribution is 6.10. The minimum absolute atomic E-state index is 0.131. The summed E-state index contributed by atoms with van der Waals surface area (Å²) in [5.74, 6) is 2.26. The number of oxazole rings is 1. The zero-order valence-electron chi connectivity index (χ0n) is 30.2. The minimum Gasteiger partial charge on any atom is -0.435 e. The van der Waals surface area contributed by atoms with Crippen LogP contribution in [0.5, 0.6) is 0 Å². The number of para-hydroxylation sites is 3. The molecule has 3 heterocycles. The average Bonchev–Trinajstić information content (AvgIpc) is 3.90. The second-order valence-corrected chi connectivity index (χ2v) is 14.7. The van der Waals surface area contributed by atoms with E-state index < -0.39 is 0 Å². The average molecular weight is 708 g/mol. The van der Waals surface area contributed by atoms with Crippen LogP contribution in [-0.4, -0.2) is 24.5 Å². The maximum Gasteiger partial charge on any atom is 0.227 e. The van der Waals surface area contributed by atoms with Gasteiger partial charge < -0.3 is 8.98 Å². The molecule has 3 aromatic heterocycles. The van der Waals surface area contributed by atoms with Crippen LogP contribution in [0.2, 0.25) is 0 Å². The smallest absolute Gasteiger partial charge is 0.227 e. The molecule has 0 saturated carbocycles. The van der Waals surface area contributed by atoms with E-state index in [-0.39, 0.29) is 5.41 Å². The highest BCUT2D eigenvalue weighted by atomic mass is 16.3. The Morgan fingerprint density at radius 3 is 1.96 bits per heavy atom. The van der Waals surface area contributed by atoms with Crippen molar-refractivity contribution in [2.24, 2.45) is 0 Å². The largest absolute Gasteiger partial charge is 0.435 e. The lowest BCUT2D eigenvalue weighted by Crippen LogP contribution is -2.14. The van der Waals surface area contributed by atoms with Gasteiger partial charge in [0.05, 0.1) is 16.6 Å². The molecule has 0 fully saturated rings. The molecule has 0 bridgehead atoms. The normalized spacial score (nSPS) is 13.1. The van der Waals surface area contributed by atoms with Crippen molar-refractivity contribution in [1.82, 2.24) is 24.5 Å². The van der Waals surface area contributed by atoms with E-state index in [1.54, 1.807) is 0 Å². The summed E-state index contributed by atoms with van der Waals surface area (Å²) in [6.45, 7) is 4.57. The van der Waals surface area contributed by atoms with Crippen molar-refractivity contribution in [3.05, 3.63) is 175 Å². The van der Waals surface area contributed by atoms with Crippen molar-refractivity contribution in [2.45, 2.75) is 19.3 Å². The number of benzene rings is 7. The van der Waals surface area contributed by atoms with Gasteiger partial charge in [0.25, 0.3) is 0 Å². The Morgan fingerprint density at radius 2 is 1.11 bits per heavy atom. The molecule has 1 aliphatic rings. The van der Waals surface area contributed by atoms with Gasteiger partial charge in [0.2, 0.25) is 5.89 Å². The van der Waals surface area contributed by atoms with Crippen LogP contribution in [0.1, 0.15) is 25.0 Å². The number of fused-ring (bicyclic) bond motifs is 7. The predicted molar refractivity (Wildman–Crippen MR) is 221 cm³/mol. The van der Waals surface area contributed by atoms with Crippen LogP contribution in [-0.2, 0) is 5.41 Å². The first-order valence-electron chi connectivity index (χ1n) is 18.6. The van der Waals surface area contributed by atoms with Gasteiger partial charge in [0, 0.05) is 38.6 Å². The van der Waals surface area contributed by atoms with Gasteiger partial charge in [-0.25, -0.2) is 19.9 Å². The van der Waals surface area contributed by atoms with Gasteiger partial charge in [-0.3, -0.25) is 0 Å². The fourth-order valence-electron chi connectivity index (χ4n) is 8.39. The molecule has 260 valence electrons. The van der Waals surface area contributed by atoms with Crippen LogP contribution in [0.3, 0.4) is 0 Å². The third kappa shape index (κ3) is 4.88. The molecule has 0 N–H and O–H groups in total. The van der Waals surface area contributed by atoms with Gasteiger partial charge in [-0.1, -0.05) is 117 Å². The third-order valence-corrected chi connectivity index (χ3v) is 11.1. The number of rotatable bonds is 5. The van der Waals surface area contributed by atoms with E-state index in [9.17, 15) is 0 Å². The Hall–Kier alpha value is -7.18. The monoisotopic (exact) mass is 707 g/mol. The van der Waals surface area contributed by atoms with Gasteiger partial charge in [-0.2, -0.15) is 0 Å². The fraction of sp³-hybridized carbons (Fsp3) is 0.0612. The summed E-state index contributed by atoms with van der Waals surface area (Å²) in [6.07, 6.45) is 0. The zero-order chi connectivity index (χ0) is 36.7. The lowest BCUT2D eigenvalue weighted by molar-refractivity contribution is 0.619. The van der Waals surface area contributed by atoms with Crippen LogP contribution in [0.25, 0.3) is 95.3 Å². The van der Waals surface area contributed by atoms with E-state index in [0.29, 0.717) is 28.9 Å². The van der Waals surface area contributed by atoms with Crippen LogP contribution < -0.4 is 0 Å². The Balaban J connectivity index is 1.07. The van der Waals surface area contributed by atoms with Gasteiger partial charge >= 0.3 is 0 Å². The first kappa shape index (κ1) is 31.4. The summed E-state index contributed by atoms with van der Waals surface area (Å²) >= 11 is 0. The number of hydrogen-bond acceptors (Lipinski definition) is 5. The minimum atomic E-state index is -0.131. The quantitative estimate of drug-likeness (QED) is 0.178. The van der Waals surface area contributed by atoms with Crippen molar-refractivity contribution >= 4 is 32.9 Å². The van der Waals surface area contributed by atoms with Gasteiger partial charge in [0.15, 0.2) is 23.1 Å². The van der Waals surface area contributed by atoms with Crippen molar-refractivity contribution < 1.29 is 4.42 Å². The van der Waals surface area contributed by atoms with E-state index in [1.807, 2.05) is 54.6 Å². The SMILES string of the molecule is CC1(C)c2ccccc2-c2ccc(-c3nc4cccc(-c5nc(-c6ccccc6)nc(-c6ccc7c(c6)c6ccccc6n7-c6ccccc6)n5)c4o3)cc21. The molecule has 11 rings (SSSR count). The molecule has 1 aliphatic carbocycles. The van der Waals surface area contributed by atoms with Crippen LogP contribution in [0.4, 0.5) is 0 Å². The zero-order valence-corrected chi connectivity index (χ0v) is 30.2. The molecule has 10 aromatic rings. The maximum atomic E-state index is 6.67. The molecule has 0 unspecified atom stereocenters. The molecule has 0 saturated heterocycles. The summed E-state index contributed by atoms with van der Waals surface area (Å²) < 4.78 is 8.98. The lowest BCUT2D eigenvalue weighted by atomic mass is 9.82. The number of nitrogens with zero attached hydrogens (tertiary/aromatic N) is 5. The molecule has 0 atom stereocenters. The maximum absolute atomic E-state index is 6.67. The van der Waals surface area contributed by atoms with Crippen molar-refractivity contribution in [3.8, 4) is 62.4 Å². The Morgan fingerprint density at radius 1 is 0.455 bits per heavy atom. The second-order valence-electron chi connectivity index (χ2n) is 14.7. The summed E-state index contributed by atoms with van der Waals surface area (Å²) in [7, 11) is 0. The number of aromatic nitrogens is 5. The van der Waals surface area contributed by atoms with E-state index in [2.05, 4.69) is 128 Å². The molecular weight excluding hydrogens is 675 g/mol. The molecule has 6 heteroatoms. The highest BCUT2D eigenvalue weighted by Gasteiger charge is 2.35. The second kappa shape index (κ2) is 11.9. The summed E-state index contributed by atoms with van der Waals surface area (Å²) in [6, 6.07) is 56.7. The van der Waals surface area contributed by atoms with E-state index >= 15 is 0 Å². The lowest BCUT2D eigenvalue weighted by Gasteiger charge is -2.21. The topological polar surface area (TPSA) is 69.6 Å². The van der Waals surface area contributed by atoms with E-state index in [1.165, 1.54) is 27.6 Å². The van der Waals surface area contributed by atoms with Crippen LogP contribution in [0.15, 0.2) is 168 Å². The Kier molecular flexibility index (Phi) is 6.79. The van der Waals surface area contributed by atoms with Crippen molar-refractivity contribution in [2.75, 3.05) is 0 Å². The molecule has 6 nitrogen and oxygen atoms in total. The number of hydrogen-bond donors (Lipinski definition) is 0. The van der Waals surface area contributed by atoms with Crippen LogP contribution >= 0.6 is 0 Å². The van der Waals surface area contributed by atoms with Crippen LogP contribution in [0, 0.1) is 0 Å². The molecule has 0 radical (unpaired) electrons. The Labute approximate surface area is 317 Å². The first-order chi connectivity index (χ1) is 27.0.